The standard InChI is InChI=1S/C13H21NO3S/c1-14-12(9-11-18(2,15)16)8-10-17-13-6-4-3-5-7-13/h3-7,12,14H,8-11H2,1-2H3. The van der Waals surface area contributed by atoms with Gasteiger partial charge in [-0.1, -0.05) is 18.2 Å². The number of rotatable bonds is 8. The van der Waals surface area contributed by atoms with E-state index in [1.54, 1.807) is 0 Å². The predicted octanol–water partition coefficient (Wildman–Crippen LogP) is 1.48. The van der Waals surface area contributed by atoms with Gasteiger partial charge in [0.2, 0.25) is 0 Å². The Labute approximate surface area is 109 Å². The lowest BCUT2D eigenvalue weighted by Gasteiger charge is -2.15. The molecule has 0 saturated heterocycles. The highest BCUT2D eigenvalue weighted by Crippen LogP contribution is 2.09. The van der Waals surface area contributed by atoms with Gasteiger partial charge in [-0.3, -0.25) is 0 Å². The fourth-order valence-electron chi connectivity index (χ4n) is 1.63. The third-order valence-electron chi connectivity index (χ3n) is 2.72. The predicted molar refractivity (Wildman–Crippen MR) is 73.7 cm³/mol. The first-order chi connectivity index (χ1) is 8.51. The monoisotopic (exact) mass is 271 g/mol. The number of hydrogen-bond donors (Lipinski definition) is 1. The lowest BCUT2D eigenvalue weighted by molar-refractivity contribution is 0.287. The zero-order valence-corrected chi connectivity index (χ0v) is 11.7. The average Bonchev–Trinajstić information content (AvgIpc) is 2.33. The normalized spacial score (nSPS) is 13.2. The number of ether oxygens (including phenoxy) is 1. The Morgan fingerprint density at radius 2 is 1.89 bits per heavy atom. The molecule has 1 aromatic rings. The molecule has 0 radical (unpaired) electrons. The van der Waals surface area contributed by atoms with E-state index in [1.165, 1.54) is 6.26 Å². The van der Waals surface area contributed by atoms with E-state index in [4.69, 9.17) is 4.74 Å². The molecule has 0 aliphatic carbocycles. The molecule has 1 N–H and O–H groups in total. The van der Waals surface area contributed by atoms with Crippen LogP contribution >= 0.6 is 0 Å². The largest absolute Gasteiger partial charge is 0.494 e. The smallest absolute Gasteiger partial charge is 0.147 e. The summed E-state index contributed by atoms with van der Waals surface area (Å²) in [5, 5.41) is 3.12. The van der Waals surface area contributed by atoms with E-state index in [0.29, 0.717) is 13.0 Å². The molecule has 0 aliphatic rings. The first kappa shape index (κ1) is 15.0. The molecule has 0 aliphatic heterocycles. The molecule has 102 valence electrons. The zero-order valence-electron chi connectivity index (χ0n) is 10.9. The van der Waals surface area contributed by atoms with Crippen molar-refractivity contribution in [2.45, 2.75) is 18.9 Å². The first-order valence-electron chi connectivity index (χ1n) is 6.04. The van der Waals surface area contributed by atoms with Crippen LogP contribution in [0.5, 0.6) is 5.75 Å². The molecule has 1 atom stereocenters. The molecular weight excluding hydrogens is 250 g/mol. The Morgan fingerprint density at radius 3 is 2.44 bits per heavy atom. The number of sulfone groups is 1. The van der Waals surface area contributed by atoms with Crippen molar-refractivity contribution in [1.29, 1.82) is 0 Å². The highest BCUT2D eigenvalue weighted by molar-refractivity contribution is 7.90. The van der Waals surface area contributed by atoms with E-state index in [0.717, 1.165) is 12.2 Å². The van der Waals surface area contributed by atoms with Gasteiger partial charge in [0.1, 0.15) is 15.6 Å². The molecule has 0 amide bonds. The van der Waals surface area contributed by atoms with Gasteiger partial charge < -0.3 is 10.1 Å². The van der Waals surface area contributed by atoms with Crippen molar-refractivity contribution in [3.63, 3.8) is 0 Å². The van der Waals surface area contributed by atoms with Crippen molar-refractivity contribution in [1.82, 2.24) is 5.32 Å². The molecule has 0 bridgehead atoms. The second kappa shape index (κ2) is 7.38. The lowest BCUT2D eigenvalue weighted by Crippen LogP contribution is -2.29. The molecule has 4 nitrogen and oxygen atoms in total. The van der Waals surface area contributed by atoms with Crippen LogP contribution in [0.2, 0.25) is 0 Å². The van der Waals surface area contributed by atoms with Crippen LogP contribution in [0.3, 0.4) is 0 Å². The summed E-state index contributed by atoms with van der Waals surface area (Å²) in [7, 11) is -1.04. The van der Waals surface area contributed by atoms with E-state index in [2.05, 4.69) is 5.32 Å². The van der Waals surface area contributed by atoms with Crippen LogP contribution in [-0.4, -0.2) is 40.1 Å². The summed E-state index contributed by atoms with van der Waals surface area (Å²) in [6.07, 6.45) is 2.68. The summed E-state index contributed by atoms with van der Waals surface area (Å²) in [4.78, 5) is 0. The molecule has 0 saturated carbocycles. The van der Waals surface area contributed by atoms with Gasteiger partial charge in [-0.2, -0.15) is 0 Å². The minimum atomic E-state index is -2.89. The highest BCUT2D eigenvalue weighted by atomic mass is 32.2. The van der Waals surface area contributed by atoms with Gasteiger partial charge in [0.05, 0.1) is 12.4 Å². The second-order valence-corrected chi connectivity index (χ2v) is 6.61. The maximum Gasteiger partial charge on any atom is 0.147 e. The molecule has 1 aromatic carbocycles. The third-order valence-corrected chi connectivity index (χ3v) is 3.70. The van der Waals surface area contributed by atoms with Crippen LogP contribution in [0.4, 0.5) is 0 Å². The summed E-state index contributed by atoms with van der Waals surface area (Å²) in [6, 6.07) is 9.78. The van der Waals surface area contributed by atoms with Crippen molar-refractivity contribution in [3.8, 4) is 5.75 Å². The maximum atomic E-state index is 11.1. The number of nitrogens with one attached hydrogen (secondary N) is 1. The minimum Gasteiger partial charge on any atom is -0.494 e. The van der Waals surface area contributed by atoms with Crippen LogP contribution < -0.4 is 10.1 Å². The van der Waals surface area contributed by atoms with E-state index < -0.39 is 9.84 Å². The van der Waals surface area contributed by atoms with Gasteiger partial charge in [-0.05, 0) is 32.0 Å². The highest BCUT2D eigenvalue weighted by Gasteiger charge is 2.10. The van der Waals surface area contributed by atoms with Crippen molar-refractivity contribution in [2.24, 2.45) is 0 Å². The summed E-state index contributed by atoms with van der Waals surface area (Å²) in [5.74, 6) is 1.06. The Bertz CT molecular complexity index is 431. The van der Waals surface area contributed by atoms with Gasteiger partial charge in [0, 0.05) is 12.3 Å². The van der Waals surface area contributed by atoms with E-state index >= 15 is 0 Å². The quantitative estimate of drug-likeness (QED) is 0.778. The molecule has 0 spiro atoms. The van der Waals surface area contributed by atoms with Gasteiger partial charge in [-0.25, -0.2) is 8.42 Å². The molecule has 1 unspecified atom stereocenters. The van der Waals surface area contributed by atoms with Gasteiger partial charge in [0.15, 0.2) is 0 Å². The number of benzene rings is 1. The Balaban J connectivity index is 2.27. The molecule has 18 heavy (non-hydrogen) atoms. The third kappa shape index (κ3) is 6.61. The van der Waals surface area contributed by atoms with Gasteiger partial charge in [-0.15, -0.1) is 0 Å². The molecular formula is C13H21NO3S. The maximum absolute atomic E-state index is 11.1. The summed E-state index contributed by atoms with van der Waals surface area (Å²) < 4.78 is 27.8. The molecule has 1 rings (SSSR count). The molecule has 0 aromatic heterocycles. The van der Waals surface area contributed by atoms with Crippen LogP contribution in [0.25, 0.3) is 0 Å². The zero-order chi connectivity index (χ0) is 13.4. The van der Waals surface area contributed by atoms with E-state index in [1.807, 2.05) is 37.4 Å². The van der Waals surface area contributed by atoms with Crippen LogP contribution in [0.1, 0.15) is 12.8 Å². The van der Waals surface area contributed by atoms with Crippen LogP contribution in [0, 0.1) is 0 Å². The average molecular weight is 271 g/mol. The fraction of sp³-hybridized carbons (Fsp3) is 0.538. The molecule has 0 heterocycles. The number of para-hydroxylation sites is 1. The molecule has 5 heteroatoms. The number of hydrogen-bond acceptors (Lipinski definition) is 4. The Morgan fingerprint density at radius 1 is 1.22 bits per heavy atom. The van der Waals surface area contributed by atoms with Crippen molar-refractivity contribution in [2.75, 3.05) is 25.7 Å². The SMILES string of the molecule is CNC(CCOc1ccccc1)CCS(C)(=O)=O. The minimum absolute atomic E-state index is 0.170. The van der Waals surface area contributed by atoms with Crippen molar-refractivity contribution < 1.29 is 13.2 Å². The Kier molecular flexibility index (Phi) is 6.15. The van der Waals surface area contributed by atoms with Crippen molar-refractivity contribution >= 4 is 9.84 Å². The summed E-state index contributed by atoms with van der Waals surface area (Å²) >= 11 is 0. The first-order valence-corrected chi connectivity index (χ1v) is 8.10. The van der Waals surface area contributed by atoms with Gasteiger partial charge in [0.25, 0.3) is 0 Å². The van der Waals surface area contributed by atoms with E-state index in [-0.39, 0.29) is 11.8 Å². The topological polar surface area (TPSA) is 55.4 Å². The summed E-state index contributed by atoms with van der Waals surface area (Å²) in [6.45, 7) is 0.583. The lowest BCUT2D eigenvalue weighted by atomic mass is 10.2. The van der Waals surface area contributed by atoms with Crippen molar-refractivity contribution in [3.05, 3.63) is 30.3 Å². The van der Waals surface area contributed by atoms with Crippen LogP contribution in [0.15, 0.2) is 30.3 Å². The van der Waals surface area contributed by atoms with Crippen LogP contribution in [-0.2, 0) is 9.84 Å². The van der Waals surface area contributed by atoms with E-state index in [9.17, 15) is 8.42 Å². The molecule has 0 fully saturated rings. The van der Waals surface area contributed by atoms with Gasteiger partial charge >= 0.3 is 0 Å². The Hall–Kier alpha value is -1.07. The fourth-order valence-corrected chi connectivity index (χ4v) is 2.34. The second-order valence-electron chi connectivity index (χ2n) is 4.35. The summed E-state index contributed by atoms with van der Waals surface area (Å²) in [5.41, 5.74) is 0.